The minimum absolute atomic E-state index is 0.121. The number of nitroso groups, excluding NO2 is 1. The van der Waals surface area contributed by atoms with E-state index in [9.17, 15) is 9.30 Å². The topological polar surface area (TPSA) is 115 Å². The molecule has 20 heavy (non-hydrogen) atoms. The van der Waals surface area contributed by atoms with Crippen molar-refractivity contribution >= 4 is 17.7 Å². The second-order valence-corrected chi connectivity index (χ2v) is 4.10. The fourth-order valence-corrected chi connectivity index (χ4v) is 1.61. The molecule has 1 atom stereocenters. The molecule has 0 amide bonds. The van der Waals surface area contributed by atoms with Crippen molar-refractivity contribution in [3.63, 3.8) is 0 Å². The first-order chi connectivity index (χ1) is 9.65. The second kappa shape index (κ2) is 8.18. The summed E-state index contributed by atoms with van der Waals surface area (Å²) >= 11 is 0. The Kier molecular flexibility index (Phi) is 6.54. The summed E-state index contributed by atoms with van der Waals surface area (Å²) in [6.45, 7) is 0.401. The Bertz CT molecular complexity index is 457. The predicted octanol–water partition coefficient (Wildman–Crippen LogP) is 0.737. The van der Waals surface area contributed by atoms with Crippen LogP contribution < -0.4 is 16.0 Å². The smallest absolute Gasteiger partial charge is 0.148 e. The van der Waals surface area contributed by atoms with Gasteiger partial charge in [-0.25, -0.2) is 4.39 Å². The summed E-state index contributed by atoms with van der Waals surface area (Å²) in [6.07, 6.45) is 1.01. The lowest BCUT2D eigenvalue weighted by Crippen LogP contribution is -2.28. The summed E-state index contributed by atoms with van der Waals surface area (Å²) in [4.78, 5) is 11.7. The molecule has 7 nitrogen and oxygen atoms in total. The normalized spacial score (nSPS) is 11.8. The molecule has 0 bridgehead atoms. The number of hydrogen-bond acceptors (Lipinski definition) is 6. The summed E-state index contributed by atoms with van der Waals surface area (Å²) in [7, 11) is 0. The molecule has 0 fully saturated rings. The summed E-state index contributed by atoms with van der Waals surface area (Å²) in [5.74, 6) is -0.508. The van der Waals surface area contributed by atoms with Crippen LogP contribution in [0.15, 0.2) is 23.4 Å². The number of nitrogens with two attached hydrogens (primary N) is 1. The van der Waals surface area contributed by atoms with Gasteiger partial charge < -0.3 is 21.1 Å². The monoisotopic (exact) mass is 283 g/mol. The highest BCUT2D eigenvalue weighted by Gasteiger charge is 2.11. The van der Waals surface area contributed by atoms with Gasteiger partial charge in [0.25, 0.3) is 0 Å². The fourth-order valence-electron chi connectivity index (χ4n) is 1.61. The van der Waals surface area contributed by atoms with Gasteiger partial charge in [-0.3, -0.25) is 5.41 Å². The van der Waals surface area contributed by atoms with Crippen LogP contribution in [0.1, 0.15) is 0 Å². The first kappa shape index (κ1) is 16.0. The molecule has 110 valence electrons. The quantitative estimate of drug-likeness (QED) is 0.303. The Labute approximate surface area is 116 Å². The lowest BCUT2D eigenvalue weighted by molar-refractivity contribution is 0.270. The Hall–Kier alpha value is -2.06. The van der Waals surface area contributed by atoms with Gasteiger partial charge in [0.15, 0.2) is 0 Å². The molecule has 0 aromatic heterocycles. The van der Waals surface area contributed by atoms with E-state index in [0.29, 0.717) is 18.8 Å². The van der Waals surface area contributed by atoms with E-state index in [1.165, 1.54) is 17.0 Å². The molecule has 0 saturated carbocycles. The van der Waals surface area contributed by atoms with Gasteiger partial charge in [-0.05, 0) is 18.2 Å². The average molecular weight is 283 g/mol. The summed E-state index contributed by atoms with van der Waals surface area (Å²) in [5, 5.41) is 21.6. The first-order valence-corrected chi connectivity index (χ1v) is 6.10. The minimum Gasteiger partial charge on any atom is -0.394 e. The van der Waals surface area contributed by atoms with Crippen LogP contribution in [0.4, 0.5) is 15.8 Å². The Morgan fingerprint density at radius 2 is 2.35 bits per heavy atom. The van der Waals surface area contributed by atoms with Gasteiger partial charge in [0.05, 0.1) is 18.6 Å². The van der Waals surface area contributed by atoms with E-state index in [-0.39, 0.29) is 18.8 Å². The summed E-state index contributed by atoms with van der Waals surface area (Å²) in [5.41, 5.74) is 6.11. The van der Waals surface area contributed by atoms with E-state index in [1.54, 1.807) is 6.07 Å². The molecular formula is C12H18FN5O2. The van der Waals surface area contributed by atoms with E-state index >= 15 is 0 Å². The van der Waals surface area contributed by atoms with E-state index in [0.717, 1.165) is 6.34 Å². The number of hydrogen-bond donors (Lipinski definition) is 4. The molecule has 1 unspecified atom stereocenters. The standard InChI is InChI=1S/C12H18FN5O2/c13-11-5-9(16-6-10(7-19)17-20)1-2-12(11)18(8-15)4-3-14/h1-2,5,8,10,15-16,19H,3-4,6-7,14H2. The molecule has 1 aromatic carbocycles. The van der Waals surface area contributed by atoms with Crippen molar-refractivity contribution in [2.45, 2.75) is 6.04 Å². The average Bonchev–Trinajstić information content (AvgIpc) is 2.46. The lowest BCUT2D eigenvalue weighted by atomic mass is 10.2. The molecule has 0 radical (unpaired) electrons. The maximum absolute atomic E-state index is 13.9. The van der Waals surface area contributed by atoms with Gasteiger partial charge in [-0.1, -0.05) is 5.18 Å². The number of halogens is 1. The largest absolute Gasteiger partial charge is 0.394 e. The van der Waals surface area contributed by atoms with Crippen LogP contribution in [0.3, 0.4) is 0 Å². The highest BCUT2D eigenvalue weighted by Crippen LogP contribution is 2.22. The molecule has 0 aliphatic heterocycles. The third-order valence-electron chi connectivity index (χ3n) is 2.68. The van der Waals surface area contributed by atoms with Crippen LogP contribution in [0.25, 0.3) is 0 Å². The minimum atomic E-state index is -0.770. The molecule has 1 aromatic rings. The highest BCUT2D eigenvalue weighted by atomic mass is 19.1. The third kappa shape index (κ3) is 4.25. The van der Waals surface area contributed by atoms with Crippen LogP contribution in [0.2, 0.25) is 0 Å². The molecule has 0 saturated heterocycles. The van der Waals surface area contributed by atoms with E-state index in [4.69, 9.17) is 16.2 Å². The van der Waals surface area contributed by atoms with E-state index in [1.807, 2.05) is 0 Å². The van der Waals surface area contributed by atoms with Crippen molar-refractivity contribution in [3.05, 3.63) is 28.9 Å². The number of aliphatic hydroxyl groups excluding tert-OH is 1. The molecular weight excluding hydrogens is 265 g/mol. The van der Waals surface area contributed by atoms with Crippen molar-refractivity contribution in [1.82, 2.24) is 0 Å². The molecule has 0 heterocycles. The number of nitrogens with one attached hydrogen (secondary N) is 2. The first-order valence-electron chi connectivity index (χ1n) is 6.10. The third-order valence-corrected chi connectivity index (χ3v) is 2.68. The Balaban J connectivity index is 2.76. The van der Waals surface area contributed by atoms with Crippen molar-refractivity contribution in [2.75, 3.05) is 36.5 Å². The molecule has 0 aliphatic carbocycles. The van der Waals surface area contributed by atoms with Gasteiger partial charge in [0.1, 0.15) is 11.9 Å². The number of anilines is 2. The maximum atomic E-state index is 13.9. The zero-order chi connectivity index (χ0) is 15.0. The van der Waals surface area contributed by atoms with Crippen molar-refractivity contribution in [1.29, 1.82) is 5.41 Å². The van der Waals surface area contributed by atoms with Crippen LogP contribution in [0.5, 0.6) is 0 Å². The summed E-state index contributed by atoms with van der Waals surface area (Å²) in [6, 6.07) is 3.61. The fraction of sp³-hybridized carbons (Fsp3) is 0.417. The van der Waals surface area contributed by atoms with Crippen molar-refractivity contribution in [2.24, 2.45) is 10.9 Å². The predicted molar refractivity (Wildman–Crippen MR) is 76.7 cm³/mol. The number of nitrogens with zero attached hydrogens (tertiary/aromatic N) is 2. The van der Waals surface area contributed by atoms with Crippen molar-refractivity contribution < 1.29 is 9.50 Å². The van der Waals surface area contributed by atoms with Crippen LogP contribution in [-0.4, -0.2) is 43.7 Å². The van der Waals surface area contributed by atoms with E-state index < -0.39 is 11.9 Å². The second-order valence-electron chi connectivity index (χ2n) is 4.10. The number of aliphatic hydroxyl groups is 1. The highest BCUT2D eigenvalue weighted by molar-refractivity contribution is 5.78. The molecule has 5 N–H and O–H groups in total. The van der Waals surface area contributed by atoms with Crippen LogP contribution in [-0.2, 0) is 0 Å². The van der Waals surface area contributed by atoms with Crippen LogP contribution in [0, 0.1) is 16.1 Å². The number of benzene rings is 1. The van der Waals surface area contributed by atoms with E-state index in [2.05, 4.69) is 10.5 Å². The van der Waals surface area contributed by atoms with Gasteiger partial charge >= 0.3 is 0 Å². The van der Waals surface area contributed by atoms with Gasteiger partial charge in [0, 0.05) is 25.3 Å². The SMILES string of the molecule is N=CN(CCN)c1ccc(NCC(CO)N=O)cc1F. The molecule has 1 rings (SSSR count). The maximum Gasteiger partial charge on any atom is 0.148 e. The molecule has 0 aliphatic rings. The van der Waals surface area contributed by atoms with Crippen molar-refractivity contribution in [3.8, 4) is 0 Å². The zero-order valence-corrected chi connectivity index (χ0v) is 10.9. The van der Waals surface area contributed by atoms with Gasteiger partial charge in [0.2, 0.25) is 0 Å². The van der Waals surface area contributed by atoms with Crippen LogP contribution >= 0.6 is 0 Å². The molecule has 0 spiro atoms. The Morgan fingerprint density at radius 1 is 1.60 bits per heavy atom. The Morgan fingerprint density at radius 3 is 2.85 bits per heavy atom. The zero-order valence-electron chi connectivity index (χ0n) is 10.9. The summed E-state index contributed by atoms with van der Waals surface area (Å²) < 4.78 is 13.9. The number of rotatable bonds is 9. The van der Waals surface area contributed by atoms with Gasteiger partial charge in [-0.2, -0.15) is 4.91 Å². The lowest BCUT2D eigenvalue weighted by Gasteiger charge is -2.19. The molecule has 8 heteroatoms. The van der Waals surface area contributed by atoms with Gasteiger partial charge in [-0.15, -0.1) is 0 Å².